The van der Waals surface area contributed by atoms with Gasteiger partial charge >= 0.3 is 12.1 Å². The monoisotopic (exact) mass is 445 g/mol. The average molecular weight is 446 g/mol. The minimum Gasteiger partial charge on any atom is -0.480 e. The third kappa shape index (κ3) is 5.38. The second kappa shape index (κ2) is 9.58. The molecule has 2 heterocycles. The van der Waals surface area contributed by atoms with Crippen LogP contribution in [0.15, 0.2) is 30.3 Å². The van der Waals surface area contributed by atoms with E-state index >= 15 is 0 Å². The molecule has 9 heteroatoms. The van der Waals surface area contributed by atoms with E-state index in [0.29, 0.717) is 18.7 Å². The van der Waals surface area contributed by atoms with Crippen LogP contribution in [0.2, 0.25) is 0 Å². The highest BCUT2D eigenvalue weighted by Gasteiger charge is 2.51. The summed E-state index contributed by atoms with van der Waals surface area (Å²) in [6.45, 7) is 5.97. The Balaban J connectivity index is 1.87. The van der Waals surface area contributed by atoms with E-state index in [2.05, 4.69) is 5.32 Å². The van der Waals surface area contributed by atoms with Crippen LogP contribution < -0.4 is 5.32 Å². The molecule has 1 aromatic rings. The number of carbonyl (C=O) groups excluding carboxylic acids is 3. The number of carboxylic acids is 1. The van der Waals surface area contributed by atoms with Gasteiger partial charge in [0.25, 0.3) is 0 Å². The lowest BCUT2D eigenvalue weighted by molar-refractivity contribution is -0.149. The molecule has 1 aromatic carbocycles. The average Bonchev–Trinajstić information content (AvgIpc) is 3.39. The number of aliphatic carboxylic acids is 1. The highest BCUT2D eigenvalue weighted by molar-refractivity contribution is 5.90. The van der Waals surface area contributed by atoms with E-state index in [1.165, 1.54) is 4.90 Å². The summed E-state index contributed by atoms with van der Waals surface area (Å²) in [6.07, 6.45) is 1.10. The van der Waals surface area contributed by atoms with Crippen molar-refractivity contribution in [3.8, 4) is 0 Å². The summed E-state index contributed by atoms with van der Waals surface area (Å²) in [5.41, 5.74) is -0.0380. The van der Waals surface area contributed by atoms with Gasteiger partial charge in [0.2, 0.25) is 11.8 Å². The molecular formula is C23H31N3O6. The fourth-order valence-corrected chi connectivity index (χ4v) is 4.42. The van der Waals surface area contributed by atoms with Crippen LogP contribution in [0.4, 0.5) is 4.79 Å². The van der Waals surface area contributed by atoms with Crippen molar-refractivity contribution in [2.45, 2.75) is 57.7 Å². The smallest absolute Gasteiger partial charge is 0.408 e. The molecule has 0 aliphatic carbocycles. The summed E-state index contributed by atoms with van der Waals surface area (Å²) in [5, 5.41) is 12.3. The van der Waals surface area contributed by atoms with Gasteiger partial charge in [-0.05, 0) is 45.6 Å². The number of rotatable bonds is 5. The lowest BCUT2D eigenvalue weighted by atomic mass is 9.91. The van der Waals surface area contributed by atoms with Crippen molar-refractivity contribution in [2.24, 2.45) is 5.92 Å². The van der Waals surface area contributed by atoms with Crippen LogP contribution >= 0.6 is 0 Å². The number of ether oxygens (including phenoxy) is 1. The van der Waals surface area contributed by atoms with E-state index < -0.39 is 48.1 Å². The van der Waals surface area contributed by atoms with Gasteiger partial charge in [0.1, 0.15) is 18.2 Å². The Morgan fingerprint density at radius 3 is 2.28 bits per heavy atom. The van der Waals surface area contributed by atoms with Crippen molar-refractivity contribution < 1.29 is 29.0 Å². The molecule has 2 aliphatic rings. The molecule has 0 radical (unpaired) electrons. The zero-order chi connectivity index (χ0) is 23.5. The maximum Gasteiger partial charge on any atom is 0.408 e. The van der Waals surface area contributed by atoms with Gasteiger partial charge in [-0.25, -0.2) is 9.59 Å². The first kappa shape index (κ1) is 23.6. The molecule has 2 N–H and O–H groups in total. The Labute approximate surface area is 187 Å². The van der Waals surface area contributed by atoms with Crippen molar-refractivity contribution in [3.05, 3.63) is 35.9 Å². The predicted molar refractivity (Wildman–Crippen MR) is 116 cm³/mol. The van der Waals surface area contributed by atoms with Crippen LogP contribution in [-0.4, -0.2) is 70.1 Å². The number of amides is 3. The van der Waals surface area contributed by atoms with Crippen LogP contribution in [0.25, 0.3) is 0 Å². The first-order chi connectivity index (χ1) is 15.1. The number of nitrogens with zero attached hydrogens (tertiary/aromatic N) is 2. The molecule has 9 nitrogen and oxygen atoms in total. The van der Waals surface area contributed by atoms with Crippen LogP contribution in [0.5, 0.6) is 0 Å². The number of likely N-dealkylation sites (tertiary alicyclic amines) is 2. The summed E-state index contributed by atoms with van der Waals surface area (Å²) >= 11 is 0. The first-order valence-electron chi connectivity index (χ1n) is 10.9. The summed E-state index contributed by atoms with van der Waals surface area (Å²) in [7, 11) is 0. The minimum absolute atomic E-state index is 0.0302. The number of benzene rings is 1. The molecule has 2 fully saturated rings. The van der Waals surface area contributed by atoms with Crippen molar-refractivity contribution >= 4 is 23.9 Å². The topological polar surface area (TPSA) is 116 Å². The third-order valence-electron chi connectivity index (χ3n) is 5.73. The minimum atomic E-state index is -1.17. The van der Waals surface area contributed by atoms with Gasteiger partial charge in [-0.3, -0.25) is 9.59 Å². The Morgan fingerprint density at radius 2 is 1.72 bits per heavy atom. The van der Waals surface area contributed by atoms with Crippen molar-refractivity contribution in [3.63, 3.8) is 0 Å². The SMILES string of the molecule is CC(C)(C)OC(=O)NCC(=O)N1C(C(=O)O)CC(C(=O)N2CCCC2)C1c1ccccc1. The van der Waals surface area contributed by atoms with Crippen molar-refractivity contribution in [1.82, 2.24) is 15.1 Å². The highest BCUT2D eigenvalue weighted by Crippen LogP contribution is 2.42. The number of nitrogens with one attached hydrogen (secondary N) is 1. The Bertz CT molecular complexity index is 860. The van der Waals surface area contributed by atoms with E-state index in [1.54, 1.807) is 49.9 Å². The fraction of sp³-hybridized carbons (Fsp3) is 0.565. The Morgan fingerprint density at radius 1 is 1.09 bits per heavy atom. The molecule has 0 spiro atoms. The third-order valence-corrected chi connectivity index (χ3v) is 5.73. The summed E-state index contributed by atoms with van der Waals surface area (Å²) in [5.74, 6) is -2.54. The molecule has 174 valence electrons. The maximum atomic E-state index is 13.3. The lowest BCUT2D eigenvalue weighted by Crippen LogP contribution is -2.47. The summed E-state index contributed by atoms with van der Waals surface area (Å²) in [6, 6.07) is 7.11. The highest BCUT2D eigenvalue weighted by atomic mass is 16.6. The predicted octanol–water partition coefficient (Wildman–Crippen LogP) is 2.18. The van der Waals surface area contributed by atoms with Gasteiger partial charge in [0, 0.05) is 13.1 Å². The van der Waals surface area contributed by atoms with E-state index in [4.69, 9.17) is 4.74 Å². The van der Waals surface area contributed by atoms with Gasteiger partial charge in [-0.2, -0.15) is 0 Å². The van der Waals surface area contributed by atoms with E-state index in [1.807, 2.05) is 6.07 Å². The number of hydrogen-bond acceptors (Lipinski definition) is 5. The van der Waals surface area contributed by atoms with Crippen LogP contribution in [0, 0.1) is 5.92 Å². The van der Waals surface area contributed by atoms with E-state index in [-0.39, 0.29) is 12.3 Å². The van der Waals surface area contributed by atoms with Crippen LogP contribution in [0.3, 0.4) is 0 Å². The molecule has 3 atom stereocenters. The molecule has 3 amide bonds. The normalized spacial score (nSPS) is 23.2. The molecule has 0 saturated carbocycles. The molecule has 2 saturated heterocycles. The molecule has 32 heavy (non-hydrogen) atoms. The fourth-order valence-electron chi connectivity index (χ4n) is 4.42. The van der Waals surface area contributed by atoms with Crippen molar-refractivity contribution in [1.29, 1.82) is 0 Å². The molecule has 3 unspecified atom stereocenters. The number of carboxylic acid groups (broad SMARTS) is 1. The molecule has 0 aromatic heterocycles. The van der Waals surface area contributed by atoms with Crippen molar-refractivity contribution in [2.75, 3.05) is 19.6 Å². The molecule has 2 aliphatic heterocycles. The van der Waals surface area contributed by atoms with Gasteiger partial charge in [0.15, 0.2) is 0 Å². The summed E-state index contributed by atoms with van der Waals surface area (Å²) in [4.78, 5) is 53.6. The second-order valence-electron chi connectivity index (χ2n) is 9.24. The zero-order valence-corrected chi connectivity index (χ0v) is 18.7. The molecule has 0 bridgehead atoms. The maximum absolute atomic E-state index is 13.3. The Hall–Kier alpha value is -3.10. The zero-order valence-electron chi connectivity index (χ0n) is 18.7. The standard InChI is InChI=1S/C23H31N3O6/c1-23(2,3)32-22(31)24-14-18(27)26-17(21(29)30)13-16(20(28)25-11-7-8-12-25)19(26)15-9-5-4-6-10-15/h4-6,9-10,16-17,19H,7-8,11-14H2,1-3H3,(H,24,31)(H,29,30). The summed E-state index contributed by atoms with van der Waals surface area (Å²) < 4.78 is 5.17. The van der Waals surface area contributed by atoms with Crippen LogP contribution in [0.1, 0.15) is 51.6 Å². The molecule has 3 rings (SSSR count). The second-order valence-corrected chi connectivity index (χ2v) is 9.24. The lowest BCUT2D eigenvalue weighted by Gasteiger charge is -2.31. The quantitative estimate of drug-likeness (QED) is 0.718. The first-order valence-corrected chi connectivity index (χ1v) is 10.9. The van der Waals surface area contributed by atoms with E-state index in [9.17, 15) is 24.3 Å². The van der Waals surface area contributed by atoms with Gasteiger partial charge < -0.3 is 25.0 Å². The van der Waals surface area contributed by atoms with Gasteiger partial charge in [-0.15, -0.1) is 0 Å². The Kier molecular flexibility index (Phi) is 7.06. The number of carbonyl (C=O) groups is 4. The van der Waals surface area contributed by atoms with Gasteiger partial charge in [-0.1, -0.05) is 30.3 Å². The molecular weight excluding hydrogens is 414 g/mol. The number of alkyl carbamates (subject to hydrolysis) is 1. The van der Waals surface area contributed by atoms with Gasteiger partial charge in [0.05, 0.1) is 12.0 Å². The number of hydrogen-bond donors (Lipinski definition) is 2. The van der Waals surface area contributed by atoms with Crippen LogP contribution in [-0.2, 0) is 19.1 Å². The van der Waals surface area contributed by atoms with E-state index in [0.717, 1.165) is 12.8 Å². The largest absolute Gasteiger partial charge is 0.480 e.